The molecule has 8 heteroatoms. The predicted molar refractivity (Wildman–Crippen MR) is 120 cm³/mol. The van der Waals surface area contributed by atoms with Gasteiger partial charge in [0.1, 0.15) is 0 Å². The fourth-order valence-corrected chi connectivity index (χ4v) is 5.10. The summed E-state index contributed by atoms with van der Waals surface area (Å²) in [6, 6.07) is 0.821. The highest BCUT2D eigenvalue weighted by atomic mass is 32.1. The van der Waals surface area contributed by atoms with E-state index >= 15 is 0 Å². The second kappa shape index (κ2) is 9.29. The van der Waals surface area contributed by atoms with Crippen LogP contribution in [0.2, 0.25) is 0 Å². The summed E-state index contributed by atoms with van der Waals surface area (Å²) in [6.07, 6.45) is 2.49. The number of aromatic nitrogens is 1. The van der Waals surface area contributed by atoms with Gasteiger partial charge in [-0.15, -0.1) is 11.3 Å². The van der Waals surface area contributed by atoms with Gasteiger partial charge in [0.25, 0.3) is 0 Å². The van der Waals surface area contributed by atoms with Gasteiger partial charge in [-0.3, -0.25) is 9.69 Å². The van der Waals surface area contributed by atoms with Crippen LogP contribution < -0.4 is 5.32 Å². The fourth-order valence-electron chi connectivity index (χ4n) is 4.29. The topological polar surface area (TPSA) is 55.0 Å². The summed E-state index contributed by atoms with van der Waals surface area (Å²) in [6.45, 7) is 13.7. The summed E-state index contributed by atoms with van der Waals surface area (Å²) < 4.78 is 0. The van der Waals surface area contributed by atoms with E-state index in [0.717, 1.165) is 50.1 Å². The van der Waals surface area contributed by atoms with Gasteiger partial charge in [0.2, 0.25) is 5.91 Å². The standard InChI is InChI=1S/C21H38N6OS/c1-16(25-10-12-26(13-11-25)19(28)21(2,3)4)18-15-29-20(23-18)22-14-17-8-7-9-27(17)24(5)6/h15-17H,7-14H2,1-6H3,(H,22,23)/t16-,17+/m1/s1. The first kappa shape index (κ1) is 22.5. The molecule has 3 rings (SSSR count). The average molecular weight is 423 g/mol. The highest BCUT2D eigenvalue weighted by Gasteiger charge is 2.31. The van der Waals surface area contributed by atoms with E-state index in [1.807, 2.05) is 25.7 Å². The van der Waals surface area contributed by atoms with Crippen LogP contribution in [0.1, 0.15) is 52.3 Å². The molecule has 3 heterocycles. The molecule has 0 unspecified atom stereocenters. The molecule has 1 aromatic heterocycles. The number of piperazine rings is 1. The molecular weight excluding hydrogens is 384 g/mol. The number of amides is 1. The number of thiazole rings is 1. The first-order chi connectivity index (χ1) is 13.7. The monoisotopic (exact) mass is 422 g/mol. The summed E-state index contributed by atoms with van der Waals surface area (Å²) in [7, 11) is 4.24. The summed E-state index contributed by atoms with van der Waals surface area (Å²) in [5.74, 6) is 0.253. The van der Waals surface area contributed by atoms with Gasteiger partial charge in [0.15, 0.2) is 5.13 Å². The van der Waals surface area contributed by atoms with Crippen molar-refractivity contribution in [3.8, 4) is 0 Å². The van der Waals surface area contributed by atoms with Crippen LogP contribution in [0.3, 0.4) is 0 Å². The molecule has 164 valence electrons. The van der Waals surface area contributed by atoms with E-state index < -0.39 is 0 Å². The van der Waals surface area contributed by atoms with Crippen molar-refractivity contribution in [1.29, 1.82) is 0 Å². The van der Waals surface area contributed by atoms with Gasteiger partial charge in [-0.25, -0.2) is 15.0 Å². The molecule has 2 aliphatic rings. The van der Waals surface area contributed by atoms with E-state index in [-0.39, 0.29) is 17.4 Å². The lowest BCUT2D eigenvalue weighted by Gasteiger charge is -2.39. The molecule has 0 spiro atoms. The second-order valence-electron chi connectivity index (χ2n) is 9.52. The average Bonchev–Trinajstić information content (AvgIpc) is 3.34. The Labute approximate surface area is 180 Å². The quantitative estimate of drug-likeness (QED) is 0.761. The molecule has 2 atom stereocenters. The van der Waals surface area contributed by atoms with Crippen molar-refractivity contribution in [2.75, 3.05) is 58.7 Å². The number of hydrogen-bond acceptors (Lipinski definition) is 7. The van der Waals surface area contributed by atoms with Crippen LogP contribution in [0.5, 0.6) is 0 Å². The highest BCUT2D eigenvalue weighted by Crippen LogP contribution is 2.27. The number of rotatable bonds is 6. The van der Waals surface area contributed by atoms with Crippen LogP contribution in [-0.2, 0) is 4.79 Å². The fraction of sp³-hybridized carbons (Fsp3) is 0.810. The van der Waals surface area contributed by atoms with Crippen LogP contribution in [0, 0.1) is 5.41 Å². The molecule has 0 bridgehead atoms. The minimum absolute atomic E-state index is 0.253. The summed E-state index contributed by atoms with van der Waals surface area (Å²) >= 11 is 1.70. The molecule has 0 aliphatic carbocycles. The maximum Gasteiger partial charge on any atom is 0.228 e. The smallest absolute Gasteiger partial charge is 0.228 e. The molecule has 0 aromatic carbocycles. The number of nitrogens with one attached hydrogen (secondary N) is 1. The number of carbonyl (C=O) groups excluding carboxylic acids is 1. The number of hydrogen-bond donors (Lipinski definition) is 1. The zero-order valence-corrected chi connectivity index (χ0v) is 19.8. The normalized spacial score (nSPS) is 23.0. The maximum atomic E-state index is 12.5. The molecule has 0 radical (unpaired) electrons. The summed E-state index contributed by atoms with van der Waals surface area (Å²) in [4.78, 5) is 21.8. The van der Waals surface area contributed by atoms with E-state index in [4.69, 9.17) is 4.98 Å². The first-order valence-electron chi connectivity index (χ1n) is 10.8. The van der Waals surface area contributed by atoms with Crippen molar-refractivity contribution < 1.29 is 4.79 Å². The van der Waals surface area contributed by atoms with Gasteiger partial charge in [-0.1, -0.05) is 20.8 Å². The Morgan fingerprint density at radius 2 is 1.97 bits per heavy atom. The van der Waals surface area contributed by atoms with Crippen LogP contribution in [-0.4, -0.2) is 90.1 Å². The SMILES string of the molecule is C[C@H](c1csc(NC[C@@H]2CCCN2N(C)C)n1)N1CCN(C(=O)C(C)(C)C)CC1. The third-order valence-corrected chi connectivity index (χ3v) is 6.91. The van der Waals surface area contributed by atoms with Crippen LogP contribution in [0.25, 0.3) is 0 Å². The van der Waals surface area contributed by atoms with Gasteiger partial charge in [-0.05, 0) is 19.8 Å². The molecule has 29 heavy (non-hydrogen) atoms. The zero-order valence-electron chi connectivity index (χ0n) is 18.9. The van der Waals surface area contributed by atoms with E-state index in [9.17, 15) is 4.79 Å². The number of hydrazine groups is 1. The lowest BCUT2D eigenvalue weighted by Crippen LogP contribution is -2.52. The molecule has 1 amide bonds. The van der Waals surface area contributed by atoms with E-state index in [2.05, 4.69) is 46.6 Å². The van der Waals surface area contributed by atoms with Crippen LogP contribution in [0.4, 0.5) is 5.13 Å². The van der Waals surface area contributed by atoms with E-state index in [0.29, 0.717) is 6.04 Å². The Balaban J connectivity index is 1.50. The maximum absolute atomic E-state index is 12.5. The summed E-state index contributed by atoms with van der Waals surface area (Å²) in [5, 5.41) is 11.4. The summed E-state index contributed by atoms with van der Waals surface area (Å²) in [5.41, 5.74) is 0.828. The Morgan fingerprint density at radius 1 is 1.28 bits per heavy atom. The van der Waals surface area contributed by atoms with Crippen molar-refractivity contribution >= 4 is 22.4 Å². The van der Waals surface area contributed by atoms with E-state index in [1.165, 1.54) is 12.8 Å². The van der Waals surface area contributed by atoms with Gasteiger partial charge in [0.05, 0.1) is 11.7 Å². The lowest BCUT2D eigenvalue weighted by atomic mass is 9.94. The first-order valence-corrected chi connectivity index (χ1v) is 11.7. The molecule has 7 nitrogen and oxygen atoms in total. The highest BCUT2D eigenvalue weighted by molar-refractivity contribution is 7.13. The third kappa shape index (κ3) is 5.48. The van der Waals surface area contributed by atoms with Gasteiger partial charge in [-0.2, -0.15) is 0 Å². The lowest BCUT2D eigenvalue weighted by molar-refractivity contribution is -0.141. The molecule has 2 saturated heterocycles. The van der Waals surface area contributed by atoms with Crippen molar-refractivity contribution in [3.63, 3.8) is 0 Å². The van der Waals surface area contributed by atoms with Crippen molar-refractivity contribution in [3.05, 3.63) is 11.1 Å². The van der Waals surface area contributed by atoms with Gasteiger partial charge < -0.3 is 10.2 Å². The van der Waals surface area contributed by atoms with Gasteiger partial charge >= 0.3 is 0 Å². The van der Waals surface area contributed by atoms with Crippen LogP contribution in [0.15, 0.2) is 5.38 Å². The Bertz CT molecular complexity index is 677. The third-order valence-electron chi connectivity index (χ3n) is 6.09. The predicted octanol–water partition coefficient (Wildman–Crippen LogP) is 2.75. The Morgan fingerprint density at radius 3 is 2.59 bits per heavy atom. The minimum Gasteiger partial charge on any atom is -0.360 e. The van der Waals surface area contributed by atoms with Crippen molar-refractivity contribution in [2.45, 2.75) is 52.6 Å². The number of anilines is 1. The molecule has 2 aliphatic heterocycles. The molecule has 2 fully saturated rings. The molecule has 1 aromatic rings. The second-order valence-corrected chi connectivity index (χ2v) is 10.4. The molecular formula is C21H38N6OS. The number of carbonyl (C=O) groups is 1. The van der Waals surface area contributed by atoms with E-state index in [1.54, 1.807) is 11.3 Å². The largest absolute Gasteiger partial charge is 0.360 e. The molecule has 1 N–H and O–H groups in total. The van der Waals surface area contributed by atoms with Crippen molar-refractivity contribution in [2.24, 2.45) is 5.41 Å². The van der Waals surface area contributed by atoms with Crippen LogP contribution >= 0.6 is 11.3 Å². The number of nitrogens with zero attached hydrogens (tertiary/aromatic N) is 5. The zero-order chi connectivity index (χ0) is 21.2. The molecule has 0 saturated carbocycles. The van der Waals surface area contributed by atoms with Gasteiger partial charge in [0, 0.05) is 70.2 Å². The Hall–Kier alpha value is -1.22. The minimum atomic E-state index is -0.301. The Kier molecular flexibility index (Phi) is 7.19. The van der Waals surface area contributed by atoms with Crippen molar-refractivity contribution in [1.82, 2.24) is 24.8 Å².